The number of aryl methyl sites for hydroxylation is 1. The molecule has 0 aliphatic heterocycles. The Morgan fingerprint density at radius 2 is 1.57 bits per heavy atom. The number of hydrogen-bond donors (Lipinski definition) is 1. The van der Waals surface area contributed by atoms with E-state index in [1.54, 1.807) is 31.4 Å². The van der Waals surface area contributed by atoms with Gasteiger partial charge in [0.25, 0.3) is 0 Å². The van der Waals surface area contributed by atoms with Gasteiger partial charge in [0.1, 0.15) is 29.6 Å². The van der Waals surface area contributed by atoms with Crippen LogP contribution in [0.4, 0.5) is 4.79 Å². The van der Waals surface area contributed by atoms with Crippen LogP contribution in [0.15, 0.2) is 85.1 Å². The van der Waals surface area contributed by atoms with Crippen molar-refractivity contribution in [3.05, 3.63) is 96.4 Å². The number of carboxylic acid groups (broad SMARTS) is 1. The number of aromatic nitrogens is 2. The number of amides is 1. The van der Waals surface area contributed by atoms with Crippen LogP contribution in [0, 0.1) is 5.92 Å². The van der Waals surface area contributed by atoms with E-state index in [2.05, 4.69) is 0 Å². The third-order valence-electron chi connectivity index (χ3n) is 6.78. The van der Waals surface area contributed by atoms with E-state index in [0.717, 1.165) is 22.6 Å². The van der Waals surface area contributed by atoms with Crippen LogP contribution in [0.3, 0.4) is 0 Å². The smallest absolute Gasteiger partial charge is 0.416 e. The first-order valence-electron chi connectivity index (χ1n) is 13.9. The predicted octanol–water partition coefficient (Wildman–Crippen LogP) is 6.39. The van der Waals surface area contributed by atoms with Crippen molar-refractivity contribution in [2.45, 2.75) is 32.7 Å². The number of carbonyl (C=O) groups is 2. The summed E-state index contributed by atoms with van der Waals surface area (Å²) in [6.07, 6.45) is 2.45. The van der Waals surface area contributed by atoms with Crippen LogP contribution in [0.5, 0.6) is 17.2 Å². The minimum Gasteiger partial charge on any atom is -0.497 e. The molecule has 0 fully saturated rings. The fourth-order valence-electron chi connectivity index (χ4n) is 4.67. The molecule has 4 rings (SSSR count). The van der Waals surface area contributed by atoms with E-state index in [-0.39, 0.29) is 5.92 Å². The standard InChI is InChI=1S/C33H37N3O6/c1-23(2)20-30(36(22-32(37)38)33(39)42-28-16-14-26(40-4)15-17-28)25-10-12-27(13-11-25)41-19-18-31-34-29(21-35(31)3)24-8-6-5-7-9-24/h5-17,21,23,30H,18-20,22H2,1-4H3,(H,37,38). The van der Waals surface area contributed by atoms with Gasteiger partial charge in [0.2, 0.25) is 0 Å². The fourth-order valence-corrected chi connectivity index (χ4v) is 4.67. The van der Waals surface area contributed by atoms with Crippen LogP contribution in [0.25, 0.3) is 11.3 Å². The molecule has 220 valence electrons. The van der Waals surface area contributed by atoms with E-state index in [4.69, 9.17) is 19.2 Å². The molecule has 0 saturated carbocycles. The van der Waals surface area contributed by atoms with Crippen molar-refractivity contribution in [3.8, 4) is 28.5 Å². The van der Waals surface area contributed by atoms with E-state index in [9.17, 15) is 14.7 Å². The van der Waals surface area contributed by atoms with Crippen LogP contribution in [0.2, 0.25) is 0 Å². The Morgan fingerprint density at radius 1 is 0.929 bits per heavy atom. The van der Waals surface area contributed by atoms with Crippen molar-refractivity contribution in [1.29, 1.82) is 0 Å². The molecule has 42 heavy (non-hydrogen) atoms. The zero-order valence-corrected chi connectivity index (χ0v) is 24.4. The minimum absolute atomic E-state index is 0.189. The lowest BCUT2D eigenvalue weighted by Gasteiger charge is -2.31. The Hall–Kier alpha value is -4.79. The van der Waals surface area contributed by atoms with Gasteiger partial charge in [-0.15, -0.1) is 0 Å². The third kappa shape index (κ3) is 8.13. The third-order valence-corrected chi connectivity index (χ3v) is 6.78. The van der Waals surface area contributed by atoms with Gasteiger partial charge >= 0.3 is 12.1 Å². The summed E-state index contributed by atoms with van der Waals surface area (Å²) in [4.78, 5) is 31.0. The molecule has 4 aromatic rings. The summed E-state index contributed by atoms with van der Waals surface area (Å²) < 4.78 is 18.7. The van der Waals surface area contributed by atoms with Crippen molar-refractivity contribution in [2.75, 3.05) is 20.3 Å². The van der Waals surface area contributed by atoms with Gasteiger partial charge in [0.05, 0.1) is 25.5 Å². The number of aliphatic carboxylic acids is 1. The van der Waals surface area contributed by atoms with E-state index < -0.39 is 24.6 Å². The molecular weight excluding hydrogens is 534 g/mol. The number of hydrogen-bond acceptors (Lipinski definition) is 6. The first kappa shape index (κ1) is 30.2. The molecule has 1 amide bonds. The Kier molecular flexibility index (Phi) is 10.2. The highest BCUT2D eigenvalue weighted by Crippen LogP contribution is 2.31. The number of nitrogens with zero attached hydrogens (tertiary/aromatic N) is 3. The van der Waals surface area contributed by atoms with Gasteiger partial charge < -0.3 is 23.9 Å². The van der Waals surface area contributed by atoms with Crippen molar-refractivity contribution in [3.63, 3.8) is 0 Å². The fraction of sp³-hybridized carbons (Fsp3) is 0.303. The summed E-state index contributed by atoms with van der Waals surface area (Å²) in [5.74, 6) is 1.57. The number of ether oxygens (including phenoxy) is 3. The van der Waals surface area contributed by atoms with E-state index in [1.807, 2.05) is 86.3 Å². The minimum atomic E-state index is -1.12. The van der Waals surface area contributed by atoms with Crippen LogP contribution in [-0.2, 0) is 18.3 Å². The highest BCUT2D eigenvalue weighted by atomic mass is 16.6. The number of carbonyl (C=O) groups excluding carboxylic acids is 1. The van der Waals surface area contributed by atoms with E-state index >= 15 is 0 Å². The summed E-state index contributed by atoms with van der Waals surface area (Å²) >= 11 is 0. The van der Waals surface area contributed by atoms with Crippen LogP contribution < -0.4 is 14.2 Å². The number of benzene rings is 3. The molecule has 0 aliphatic carbocycles. The number of methoxy groups -OCH3 is 1. The number of imidazole rings is 1. The summed E-state index contributed by atoms with van der Waals surface area (Å²) in [5, 5.41) is 9.63. The lowest BCUT2D eigenvalue weighted by molar-refractivity contribution is -0.138. The van der Waals surface area contributed by atoms with Gasteiger partial charge in [-0.3, -0.25) is 9.69 Å². The average molecular weight is 572 g/mol. The number of carboxylic acids is 1. The molecule has 0 bridgehead atoms. The van der Waals surface area contributed by atoms with E-state index in [0.29, 0.717) is 36.7 Å². The Bertz CT molecular complexity index is 1450. The SMILES string of the molecule is COc1ccc(OC(=O)N(CC(=O)O)C(CC(C)C)c2ccc(OCCc3nc(-c4ccccc4)cn3C)cc2)cc1. The summed E-state index contributed by atoms with van der Waals surface area (Å²) in [5.41, 5.74) is 2.78. The Labute approximate surface area is 246 Å². The van der Waals surface area contributed by atoms with Gasteiger partial charge in [-0.25, -0.2) is 9.78 Å². The molecule has 0 saturated heterocycles. The van der Waals surface area contributed by atoms with Gasteiger partial charge in [-0.2, -0.15) is 0 Å². The maximum absolute atomic E-state index is 13.2. The molecule has 9 heteroatoms. The summed E-state index contributed by atoms with van der Waals surface area (Å²) in [7, 11) is 3.52. The molecule has 9 nitrogen and oxygen atoms in total. The van der Waals surface area contributed by atoms with Crippen molar-refractivity contribution >= 4 is 12.1 Å². The molecule has 0 radical (unpaired) electrons. The molecule has 1 N–H and O–H groups in total. The Balaban J connectivity index is 1.44. The number of rotatable bonds is 13. The zero-order chi connectivity index (χ0) is 30.1. The van der Waals surface area contributed by atoms with Crippen molar-refractivity contribution in [2.24, 2.45) is 13.0 Å². The second kappa shape index (κ2) is 14.2. The lowest BCUT2D eigenvalue weighted by Crippen LogP contribution is -2.41. The van der Waals surface area contributed by atoms with Gasteiger partial charge in [0.15, 0.2) is 0 Å². The first-order chi connectivity index (χ1) is 20.2. The second-order valence-electron chi connectivity index (χ2n) is 10.4. The molecule has 1 atom stereocenters. The quantitative estimate of drug-likeness (QED) is 0.198. The van der Waals surface area contributed by atoms with Crippen LogP contribution >= 0.6 is 0 Å². The van der Waals surface area contributed by atoms with Crippen LogP contribution in [0.1, 0.15) is 37.7 Å². The average Bonchev–Trinajstić information content (AvgIpc) is 3.36. The molecule has 1 heterocycles. The second-order valence-corrected chi connectivity index (χ2v) is 10.4. The molecule has 1 aromatic heterocycles. The highest BCUT2D eigenvalue weighted by Gasteiger charge is 2.29. The maximum Gasteiger partial charge on any atom is 0.416 e. The van der Waals surface area contributed by atoms with Crippen molar-refractivity contribution < 1.29 is 28.9 Å². The first-order valence-corrected chi connectivity index (χ1v) is 13.9. The van der Waals surface area contributed by atoms with Gasteiger partial charge in [-0.1, -0.05) is 56.3 Å². The Morgan fingerprint density at radius 3 is 2.19 bits per heavy atom. The van der Waals surface area contributed by atoms with E-state index in [1.165, 1.54) is 4.90 Å². The molecule has 0 aliphatic rings. The van der Waals surface area contributed by atoms with Crippen LogP contribution in [-0.4, -0.2) is 51.9 Å². The normalized spacial score (nSPS) is 11.6. The maximum atomic E-state index is 13.2. The lowest BCUT2D eigenvalue weighted by atomic mass is 9.95. The zero-order valence-electron chi connectivity index (χ0n) is 24.4. The molecule has 1 unspecified atom stereocenters. The molecular formula is C33H37N3O6. The monoisotopic (exact) mass is 571 g/mol. The van der Waals surface area contributed by atoms with Crippen molar-refractivity contribution in [1.82, 2.24) is 14.5 Å². The van der Waals surface area contributed by atoms with Gasteiger partial charge in [-0.05, 0) is 54.3 Å². The van der Waals surface area contributed by atoms with Gasteiger partial charge in [0, 0.05) is 25.2 Å². The highest BCUT2D eigenvalue weighted by molar-refractivity contribution is 5.78. The largest absolute Gasteiger partial charge is 0.497 e. The predicted molar refractivity (Wildman–Crippen MR) is 160 cm³/mol. The molecule has 0 spiro atoms. The topological polar surface area (TPSA) is 103 Å². The molecule has 3 aromatic carbocycles. The summed E-state index contributed by atoms with van der Waals surface area (Å²) in [6, 6.07) is 23.5. The summed E-state index contributed by atoms with van der Waals surface area (Å²) in [6.45, 7) is 3.99.